The summed E-state index contributed by atoms with van der Waals surface area (Å²) >= 11 is 1.46. The predicted octanol–water partition coefficient (Wildman–Crippen LogP) is 4.18. The Morgan fingerprint density at radius 1 is 1.35 bits per heavy atom. The lowest BCUT2D eigenvalue weighted by Gasteiger charge is -2.13. The van der Waals surface area contributed by atoms with E-state index in [1.807, 2.05) is 13.0 Å². The number of fused-ring (bicyclic) bond motifs is 1. The largest absolute Gasteiger partial charge is 0.423 e. The molecule has 2 N–H and O–H groups in total. The van der Waals surface area contributed by atoms with Gasteiger partial charge in [-0.05, 0) is 48.1 Å². The van der Waals surface area contributed by atoms with Gasteiger partial charge in [0.05, 0.1) is 0 Å². The second-order valence-electron chi connectivity index (χ2n) is 5.96. The Kier molecular flexibility index (Phi) is 5.88. The second kappa shape index (κ2) is 7.68. The molecule has 23 heavy (non-hydrogen) atoms. The number of nitrogens with two attached hydrogens (primary N) is 1. The number of hydrogen-bond donors (Lipinski definition) is 1. The maximum atomic E-state index is 11.8. The molecule has 0 saturated heterocycles. The quantitative estimate of drug-likeness (QED) is 0.506. The number of thioether (sulfide) groups is 1. The Labute approximate surface area is 141 Å². The van der Waals surface area contributed by atoms with Crippen LogP contribution in [-0.4, -0.2) is 11.7 Å². The first-order valence-electron chi connectivity index (χ1n) is 7.92. The van der Waals surface area contributed by atoms with E-state index < -0.39 is 0 Å². The Bertz CT molecular complexity index is 778. The van der Waals surface area contributed by atoms with Crippen molar-refractivity contribution in [3.05, 3.63) is 45.3 Å². The molecule has 124 valence electrons. The molecule has 0 fully saturated rings. The van der Waals surface area contributed by atoms with Crippen molar-refractivity contribution in [3.63, 3.8) is 0 Å². The highest BCUT2D eigenvalue weighted by molar-refractivity contribution is 8.13. The zero-order valence-corrected chi connectivity index (χ0v) is 15.0. The summed E-state index contributed by atoms with van der Waals surface area (Å²) in [4.78, 5) is 16.1. The molecule has 0 aliphatic carbocycles. The van der Waals surface area contributed by atoms with Crippen LogP contribution < -0.4 is 11.4 Å². The molecule has 0 unspecified atom stereocenters. The van der Waals surface area contributed by atoms with Gasteiger partial charge < -0.3 is 10.2 Å². The lowest BCUT2D eigenvalue weighted by molar-refractivity contribution is 0.559. The van der Waals surface area contributed by atoms with Crippen molar-refractivity contribution >= 4 is 27.9 Å². The molecular formula is C18H24N2O2S. The van der Waals surface area contributed by atoms with Crippen LogP contribution in [0.5, 0.6) is 0 Å². The number of aliphatic imine (C=N–C) groups is 1. The van der Waals surface area contributed by atoms with Crippen molar-refractivity contribution in [1.82, 2.24) is 0 Å². The molecule has 2 aromatic rings. The van der Waals surface area contributed by atoms with Crippen LogP contribution >= 0.6 is 11.8 Å². The third-order valence-corrected chi connectivity index (χ3v) is 4.59. The number of amidine groups is 1. The van der Waals surface area contributed by atoms with Crippen LogP contribution in [0.2, 0.25) is 0 Å². The van der Waals surface area contributed by atoms with E-state index in [4.69, 9.17) is 10.2 Å². The monoisotopic (exact) mass is 332 g/mol. The van der Waals surface area contributed by atoms with E-state index in [2.05, 4.69) is 31.8 Å². The van der Waals surface area contributed by atoms with Crippen LogP contribution in [-0.2, 0) is 5.75 Å². The Morgan fingerprint density at radius 3 is 2.74 bits per heavy atom. The average Bonchev–Trinajstić information content (AvgIpc) is 2.49. The van der Waals surface area contributed by atoms with E-state index in [1.54, 1.807) is 6.07 Å². The van der Waals surface area contributed by atoms with Crippen LogP contribution in [0.25, 0.3) is 11.0 Å². The van der Waals surface area contributed by atoms with Crippen molar-refractivity contribution < 1.29 is 4.42 Å². The van der Waals surface area contributed by atoms with E-state index in [9.17, 15) is 4.79 Å². The summed E-state index contributed by atoms with van der Waals surface area (Å²) in [7, 11) is 0. The summed E-state index contributed by atoms with van der Waals surface area (Å²) in [5.41, 5.74) is 9.57. The average molecular weight is 332 g/mol. The molecule has 0 amide bonds. The smallest absolute Gasteiger partial charge is 0.336 e. The zero-order chi connectivity index (χ0) is 17.0. The first kappa shape index (κ1) is 17.6. The van der Waals surface area contributed by atoms with Crippen molar-refractivity contribution in [2.75, 3.05) is 6.54 Å². The number of aryl methyl sites for hydroxylation is 1. The highest BCUT2D eigenvalue weighted by atomic mass is 32.2. The van der Waals surface area contributed by atoms with Crippen LogP contribution in [0.15, 0.2) is 32.4 Å². The standard InChI is InChI=1S/C18H24N2O2S/c1-5-6-20-18(19)23-10-13-8-17(21)22-16-7-12(4)14(11(2)3)9-15(13)16/h7-9,11H,5-6,10H2,1-4H3,(H2,19,20). The molecule has 0 aliphatic rings. The third kappa shape index (κ3) is 4.38. The number of hydrogen-bond acceptors (Lipinski definition) is 4. The lowest BCUT2D eigenvalue weighted by atomic mass is 9.95. The maximum Gasteiger partial charge on any atom is 0.336 e. The highest BCUT2D eigenvalue weighted by Gasteiger charge is 2.11. The maximum absolute atomic E-state index is 11.8. The summed E-state index contributed by atoms with van der Waals surface area (Å²) in [5.74, 6) is 1.03. The van der Waals surface area contributed by atoms with Crippen molar-refractivity contribution in [2.45, 2.75) is 45.8 Å². The van der Waals surface area contributed by atoms with E-state index in [1.165, 1.54) is 17.3 Å². The van der Waals surface area contributed by atoms with Gasteiger partial charge in [0.2, 0.25) is 0 Å². The summed E-state index contributed by atoms with van der Waals surface area (Å²) in [5, 5.41) is 1.54. The summed E-state index contributed by atoms with van der Waals surface area (Å²) in [6.07, 6.45) is 0.968. The molecule has 2 rings (SSSR count). The van der Waals surface area contributed by atoms with E-state index >= 15 is 0 Å². The van der Waals surface area contributed by atoms with Gasteiger partial charge in [-0.25, -0.2) is 4.79 Å². The Balaban J connectivity index is 2.42. The molecule has 0 saturated carbocycles. The van der Waals surface area contributed by atoms with Gasteiger partial charge in [0.25, 0.3) is 0 Å². The number of benzene rings is 1. The van der Waals surface area contributed by atoms with Gasteiger partial charge in [0.15, 0.2) is 5.17 Å². The van der Waals surface area contributed by atoms with E-state index in [0.29, 0.717) is 22.4 Å². The fraction of sp³-hybridized carbons (Fsp3) is 0.444. The third-order valence-electron chi connectivity index (χ3n) is 3.71. The summed E-state index contributed by atoms with van der Waals surface area (Å²) < 4.78 is 5.36. The minimum absolute atomic E-state index is 0.325. The van der Waals surface area contributed by atoms with Crippen LogP contribution in [0.4, 0.5) is 0 Å². The molecule has 0 aliphatic heterocycles. The van der Waals surface area contributed by atoms with Gasteiger partial charge in [0.1, 0.15) is 5.58 Å². The summed E-state index contributed by atoms with van der Waals surface area (Å²) in [6.45, 7) is 9.17. The molecule has 1 aromatic carbocycles. The predicted molar refractivity (Wildman–Crippen MR) is 99.4 cm³/mol. The number of rotatable bonds is 5. The second-order valence-corrected chi connectivity index (χ2v) is 6.95. The Hall–Kier alpha value is -1.75. The van der Waals surface area contributed by atoms with Gasteiger partial charge in [-0.3, -0.25) is 4.99 Å². The van der Waals surface area contributed by atoms with Crippen LogP contribution in [0.1, 0.15) is 49.8 Å². The highest BCUT2D eigenvalue weighted by Crippen LogP contribution is 2.28. The normalized spacial score (nSPS) is 12.3. The number of nitrogens with zero attached hydrogens (tertiary/aromatic N) is 1. The topological polar surface area (TPSA) is 68.6 Å². The minimum atomic E-state index is -0.325. The van der Waals surface area contributed by atoms with Crippen molar-refractivity contribution in [2.24, 2.45) is 10.7 Å². The molecular weight excluding hydrogens is 308 g/mol. The molecule has 1 aromatic heterocycles. The molecule has 0 bridgehead atoms. The SMILES string of the molecule is CCCN=C(N)SCc1cc(=O)oc2cc(C)c(C(C)C)cc12. The van der Waals surface area contributed by atoms with Gasteiger partial charge in [-0.1, -0.05) is 32.5 Å². The fourth-order valence-corrected chi connectivity index (χ4v) is 3.28. The molecule has 4 nitrogen and oxygen atoms in total. The fourth-order valence-electron chi connectivity index (χ4n) is 2.55. The molecule has 0 radical (unpaired) electrons. The van der Waals surface area contributed by atoms with Gasteiger partial charge >= 0.3 is 5.63 Å². The van der Waals surface area contributed by atoms with Crippen LogP contribution in [0.3, 0.4) is 0 Å². The van der Waals surface area contributed by atoms with Gasteiger partial charge in [0, 0.05) is 23.8 Å². The lowest BCUT2D eigenvalue weighted by Crippen LogP contribution is -2.09. The van der Waals surface area contributed by atoms with E-state index in [0.717, 1.165) is 29.5 Å². The van der Waals surface area contributed by atoms with E-state index in [-0.39, 0.29) is 5.63 Å². The van der Waals surface area contributed by atoms with Crippen molar-refractivity contribution in [3.8, 4) is 0 Å². The Morgan fingerprint density at radius 2 is 2.09 bits per heavy atom. The first-order valence-corrected chi connectivity index (χ1v) is 8.91. The molecule has 0 spiro atoms. The first-order chi connectivity index (χ1) is 10.9. The molecule has 0 atom stereocenters. The van der Waals surface area contributed by atoms with Crippen LogP contribution in [0, 0.1) is 6.92 Å². The minimum Gasteiger partial charge on any atom is -0.423 e. The van der Waals surface area contributed by atoms with Gasteiger partial charge in [-0.2, -0.15) is 0 Å². The van der Waals surface area contributed by atoms with Gasteiger partial charge in [-0.15, -0.1) is 0 Å². The van der Waals surface area contributed by atoms with Crippen molar-refractivity contribution in [1.29, 1.82) is 0 Å². The zero-order valence-electron chi connectivity index (χ0n) is 14.2. The molecule has 1 heterocycles. The molecule has 5 heteroatoms. The summed E-state index contributed by atoms with van der Waals surface area (Å²) in [6, 6.07) is 5.64.